The fourth-order valence-electron chi connectivity index (χ4n) is 2.20. The van der Waals surface area contributed by atoms with Crippen molar-refractivity contribution in [1.29, 1.82) is 0 Å². The average molecular weight is 437 g/mol. The van der Waals surface area contributed by atoms with Gasteiger partial charge < -0.3 is 0 Å². The Hall–Kier alpha value is -2.95. The number of non-ortho nitro benzene ring substituents is 1. The molecule has 0 aliphatic carbocycles. The van der Waals surface area contributed by atoms with Crippen LogP contribution in [-0.4, -0.2) is 19.6 Å². The van der Waals surface area contributed by atoms with Crippen LogP contribution >= 0.6 is 22.9 Å². The highest BCUT2D eigenvalue weighted by Crippen LogP contribution is 2.28. The fourth-order valence-corrected chi connectivity index (χ4v) is 4.14. The van der Waals surface area contributed by atoms with Gasteiger partial charge in [-0.05, 0) is 41.8 Å². The van der Waals surface area contributed by atoms with Crippen LogP contribution in [-0.2, 0) is 10.0 Å². The number of benzene rings is 2. The van der Waals surface area contributed by atoms with Crippen molar-refractivity contribution in [1.82, 2.24) is 0 Å². The third kappa shape index (κ3) is 4.85. The lowest BCUT2D eigenvalue weighted by atomic mass is 10.3. The molecule has 3 rings (SSSR count). The van der Waals surface area contributed by atoms with Gasteiger partial charge in [0.2, 0.25) is 0 Å². The van der Waals surface area contributed by atoms with E-state index in [0.29, 0.717) is 5.02 Å². The first-order chi connectivity index (χ1) is 13.3. The molecule has 0 atom stereocenters. The van der Waals surface area contributed by atoms with E-state index in [1.54, 1.807) is 0 Å². The van der Waals surface area contributed by atoms with E-state index < -0.39 is 14.9 Å². The Labute approximate surface area is 169 Å². The molecule has 28 heavy (non-hydrogen) atoms. The summed E-state index contributed by atoms with van der Waals surface area (Å²) < 4.78 is 28.0. The van der Waals surface area contributed by atoms with Crippen molar-refractivity contribution in [2.45, 2.75) is 4.90 Å². The number of hydrogen-bond donors (Lipinski definition) is 2. The molecule has 3 aromatic rings. The maximum absolute atomic E-state index is 12.8. The molecular formula is C17H13ClN4O4S2. The number of anilines is 2. The van der Waals surface area contributed by atoms with Crippen molar-refractivity contribution < 1.29 is 13.3 Å². The van der Waals surface area contributed by atoms with E-state index in [0.717, 1.165) is 10.9 Å². The van der Waals surface area contributed by atoms with Crippen LogP contribution in [0.3, 0.4) is 0 Å². The van der Waals surface area contributed by atoms with Gasteiger partial charge in [-0.15, -0.1) is 11.3 Å². The molecule has 144 valence electrons. The van der Waals surface area contributed by atoms with Crippen LogP contribution in [0.15, 0.2) is 70.0 Å². The molecule has 0 saturated carbocycles. The van der Waals surface area contributed by atoms with Gasteiger partial charge >= 0.3 is 0 Å². The first kappa shape index (κ1) is 19.8. The molecule has 1 heterocycles. The predicted octanol–water partition coefficient (Wildman–Crippen LogP) is 4.56. The third-order valence-electron chi connectivity index (χ3n) is 3.48. The summed E-state index contributed by atoms with van der Waals surface area (Å²) in [6.45, 7) is 0. The second-order valence-electron chi connectivity index (χ2n) is 5.44. The van der Waals surface area contributed by atoms with Crippen LogP contribution in [0.1, 0.15) is 4.88 Å². The molecule has 11 heteroatoms. The first-order valence-corrected chi connectivity index (χ1v) is 10.5. The normalized spacial score (nSPS) is 11.5. The van der Waals surface area contributed by atoms with Crippen LogP contribution in [0.2, 0.25) is 5.02 Å². The molecular weight excluding hydrogens is 424 g/mol. The van der Waals surface area contributed by atoms with Crippen LogP contribution in [0.4, 0.5) is 17.1 Å². The Balaban J connectivity index is 1.94. The Morgan fingerprint density at radius 1 is 1.14 bits per heavy atom. The number of nitro benzene ring substituents is 1. The smallest absolute Gasteiger partial charge is 0.270 e. The number of nitrogens with zero attached hydrogens (tertiary/aromatic N) is 2. The lowest BCUT2D eigenvalue weighted by Gasteiger charge is -2.12. The Morgan fingerprint density at radius 2 is 1.89 bits per heavy atom. The summed E-state index contributed by atoms with van der Waals surface area (Å²) in [4.78, 5) is 11.0. The number of rotatable bonds is 7. The van der Waals surface area contributed by atoms with Gasteiger partial charge in [0, 0.05) is 27.7 Å². The Morgan fingerprint density at radius 3 is 2.54 bits per heavy atom. The van der Waals surface area contributed by atoms with Gasteiger partial charge in [-0.2, -0.15) is 5.10 Å². The van der Waals surface area contributed by atoms with E-state index in [9.17, 15) is 18.5 Å². The maximum atomic E-state index is 12.8. The maximum Gasteiger partial charge on any atom is 0.270 e. The van der Waals surface area contributed by atoms with Gasteiger partial charge in [0.25, 0.3) is 15.7 Å². The number of hydrazone groups is 1. The second-order valence-corrected chi connectivity index (χ2v) is 8.50. The molecule has 0 spiro atoms. The number of nitrogens with one attached hydrogen (secondary N) is 2. The fraction of sp³-hybridized carbons (Fsp3) is 0. The molecule has 2 N–H and O–H groups in total. The molecule has 0 aliphatic rings. The van der Waals surface area contributed by atoms with Crippen LogP contribution in [0.5, 0.6) is 0 Å². The summed E-state index contributed by atoms with van der Waals surface area (Å²) in [6.07, 6.45) is 1.52. The number of halogens is 1. The zero-order valence-corrected chi connectivity index (χ0v) is 16.5. The number of sulfonamides is 1. The van der Waals surface area contributed by atoms with Gasteiger partial charge in [0.1, 0.15) is 4.90 Å². The van der Waals surface area contributed by atoms with Gasteiger partial charge in [-0.3, -0.25) is 20.3 Å². The summed E-state index contributed by atoms with van der Waals surface area (Å²) in [7, 11) is -4.13. The largest absolute Gasteiger partial charge is 0.280 e. The topological polar surface area (TPSA) is 114 Å². The van der Waals surface area contributed by atoms with E-state index in [-0.39, 0.29) is 22.0 Å². The van der Waals surface area contributed by atoms with Gasteiger partial charge in [0.05, 0.1) is 16.8 Å². The first-order valence-electron chi connectivity index (χ1n) is 7.74. The van der Waals surface area contributed by atoms with E-state index in [4.69, 9.17) is 11.6 Å². The van der Waals surface area contributed by atoms with Crippen molar-refractivity contribution in [3.8, 4) is 0 Å². The number of hydrogen-bond acceptors (Lipinski definition) is 7. The zero-order chi connectivity index (χ0) is 20.1. The minimum absolute atomic E-state index is 0.0971. The molecule has 0 radical (unpaired) electrons. The van der Waals surface area contributed by atoms with E-state index in [1.165, 1.54) is 53.9 Å². The zero-order valence-electron chi connectivity index (χ0n) is 14.1. The van der Waals surface area contributed by atoms with Gasteiger partial charge in [-0.25, -0.2) is 8.42 Å². The highest BCUT2D eigenvalue weighted by atomic mass is 35.5. The van der Waals surface area contributed by atoms with Gasteiger partial charge in [-0.1, -0.05) is 17.7 Å². The molecule has 0 saturated heterocycles. The monoisotopic (exact) mass is 436 g/mol. The van der Waals surface area contributed by atoms with Gasteiger partial charge in [0.15, 0.2) is 0 Å². The lowest BCUT2D eigenvalue weighted by molar-refractivity contribution is -0.385. The van der Waals surface area contributed by atoms with Crippen molar-refractivity contribution in [3.63, 3.8) is 0 Å². The molecule has 0 bridgehead atoms. The summed E-state index contributed by atoms with van der Waals surface area (Å²) in [5, 5.41) is 17.4. The molecule has 0 aliphatic heterocycles. The third-order valence-corrected chi connectivity index (χ3v) is 5.96. The van der Waals surface area contributed by atoms with Crippen LogP contribution in [0.25, 0.3) is 0 Å². The summed E-state index contributed by atoms with van der Waals surface area (Å²) in [5.41, 5.74) is 2.64. The van der Waals surface area contributed by atoms with E-state index in [2.05, 4.69) is 15.2 Å². The summed E-state index contributed by atoms with van der Waals surface area (Å²) in [6, 6.07) is 13.2. The number of thiophene rings is 1. The van der Waals surface area contributed by atoms with Crippen molar-refractivity contribution >= 4 is 56.2 Å². The lowest BCUT2D eigenvalue weighted by Crippen LogP contribution is -2.15. The highest BCUT2D eigenvalue weighted by Gasteiger charge is 2.22. The molecule has 0 fully saturated rings. The quantitative estimate of drug-likeness (QED) is 0.320. The molecule has 0 amide bonds. The van der Waals surface area contributed by atoms with E-state index >= 15 is 0 Å². The van der Waals surface area contributed by atoms with Crippen LogP contribution in [0, 0.1) is 10.1 Å². The van der Waals surface area contributed by atoms with Crippen LogP contribution < -0.4 is 10.1 Å². The van der Waals surface area contributed by atoms with Crippen molar-refractivity contribution in [2.24, 2.45) is 5.10 Å². The standard InChI is InChI=1S/C17H13ClN4O4S2/c18-12-3-5-13(6-4-12)21-28(25,26)17-10-14(22(23)24)7-8-16(17)20-19-11-15-2-1-9-27-15/h1-11,20-21H/b19-11-. The Bertz CT molecular complexity index is 1110. The minimum Gasteiger partial charge on any atom is -0.280 e. The molecule has 2 aromatic carbocycles. The van der Waals surface area contributed by atoms with Crippen molar-refractivity contribution in [2.75, 3.05) is 10.1 Å². The number of nitro groups is 1. The minimum atomic E-state index is -4.13. The second kappa shape index (κ2) is 8.38. The highest BCUT2D eigenvalue weighted by molar-refractivity contribution is 7.92. The summed E-state index contributed by atoms with van der Waals surface area (Å²) >= 11 is 7.26. The summed E-state index contributed by atoms with van der Waals surface area (Å²) in [5.74, 6) is 0. The SMILES string of the molecule is O=[N+]([O-])c1ccc(N/N=C\c2cccs2)c(S(=O)(=O)Nc2ccc(Cl)cc2)c1. The Kier molecular flexibility index (Phi) is 5.93. The average Bonchev–Trinajstić information content (AvgIpc) is 3.17. The van der Waals surface area contributed by atoms with Crippen molar-refractivity contribution in [3.05, 3.63) is 80.0 Å². The van der Waals surface area contributed by atoms with E-state index in [1.807, 2.05) is 17.5 Å². The molecule has 0 unspecified atom stereocenters. The molecule has 8 nitrogen and oxygen atoms in total. The molecule has 1 aromatic heterocycles. The predicted molar refractivity (Wildman–Crippen MR) is 111 cm³/mol.